The molecule has 21 heavy (non-hydrogen) atoms. The smallest absolute Gasteiger partial charge is 0.163 e. The summed E-state index contributed by atoms with van der Waals surface area (Å²) in [5.41, 5.74) is 1.73. The molecule has 4 heteroatoms. The first-order valence-corrected chi connectivity index (χ1v) is 7.54. The van der Waals surface area contributed by atoms with Crippen molar-refractivity contribution in [2.45, 2.75) is 19.8 Å². The van der Waals surface area contributed by atoms with E-state index >= 15 is 0 Å². The van der Waals surface area contributed by atoms with Crippen molar-refractivity contribution in [3.63, 3.8) is 0 Å². The van der Waals surface area contributed by atoms with Crippen LogP contribution in [0.15, 0.2) is 42.5 Å². The van der Waals surface area contributed by atoms with Gasteiger partial charge in [-0.2, -0.15) is 0 Å². The molecular weight excluding hydrogens is 303 g/mol. The molecule has 3 aromatic rings. The highest BCUT2D eigenvalue weighted by Crippen LogP contribution is 2.33. The third-order valence-corrected chi connectivity index (χ3v) is 4.04. The fourth-order valence-electron chi connectivity index (χ4n) is 2.43. The monoisotopic (exact) mass is 316 g/mol. The van der Waals surface area contributed by atoms with Gasteiger partial charge < -0.3 is 0 Å². The van der Waals surface area contributed by atoms with Crippen LogP contribution in [0.25, 0.3) is 22.2 Å². The van der Waals surface area contributed by atoms with Crippen LogP contribution in [0.1, 0.15) is 25.3 Å². The van der Waals surface area contributed by atoms with Crippen LogP contribution in [-0.2, 0) is 0 Å². The molecular formula is C17H14Cl2N2. The van der Waals surface area contributed by atoms with E-state index in [1.807, 2.05) is 44.2 Å². The van der Waals surface area contributed by atoms with Crippen LogP contribution in [0.2, 0.25) is 10.3 Å². The van der Waals surface area contributed by atoms with Gasteiger partial charge in [-0.25, -0.2) is 9.97 Å². The number of nitrogens with zero attached hydrogens (tertiary/aromatic N) is 2. The number of benzene rings is 2. The zero-order valence-electron chi connectivity index (χ0n) is 11.8. The largest absolute Gasteiger partial charge is 0.216 e. The zero-order valence-corrected chi connectivity index (χ0v) is 13.3. The summed E-state index contributed by atoms with van der Waals surface area (Å²) in [7, 11) is 0. The Balaban J connectivity index is 2.24. The molecule has 0 aliphatic rings. The lowest BCUT2D eigenvalue weighted by molar-refractivity contribution is 0.848. The first-order chi connectivity index (χ1) is 10.1. The van der Waals surface area contributed by atoms with Gasteiger partial charge in [-0.1, -0.05) is 79.5 Å². The van der Waals surface area contributed by atoms with Crippen LogP contribution in [0.3, 0.4) is 0 Å². The maximum Gasteiger partial charge on any atom is 0.163 e. The third-order valence-electron chi connectivity index (χ3n) is 3.46. The van der Waals surface area contributed by atoms with Gasteiger partial charge >= 0.3 is 0 Å². The van der Waals surface area contributed by atoms with Gasteiger partial charge in [0.2, 0.25) is 0 Å². The fourth-order valence-corrected chi connectivity index (χ4v) is 3.26. The molecule has 0 atom stereocenters. The molecule has 0 fully saturated rings. The van der Waals surface area contributed by atoms with Crippen molar-refractivity contribution in [3.8, 4) is 11.4 Å². The molecule has 0 bridgehead atoms. The average molecular weight is 317 g/mol. The molecule has 0 radical (unpaired) electrons. The maximum absolute atomic E-state index is 6.30. The van der Waals surface area contributed by atoms with Gasteiger partial charge in [0.1, 0.15) is 10.3 Å². The maximum atomic E-state index is 6.30. The normalized spacial score (nSPS) is 11.3. The molecule has 0 aliphatic heterocycles. The van der Waals surface area contributed by atoms with E-state index in [-0.39, 0.29) is 5.92 Å². The molecule has 0 saturated heterocycles. The van der Waals surface area contributed by atoms with E-state index in [1.54, 1.807) is 0 Å². The highest BCUT2D eigenvalue weighted by Gasteiger charge is 2.16. The van der Waals surface area contributed by atoms with E-state index in [0.29, 0.717) is 16.1 Å². The number of halogens is 2. The Labute approximate surface area is 133 Å². The summed E-state index contributed by atoms with van der Waals surface area (Å²) in [4.78, 5) is 8.89. The van der Waals surface area contributed by atoms with Crippen molar-refractivity contribution >= 4 is 34.0 Å². The molecule has 0 saturated carbocycles. The van der Waals surface area contributed by atoms with Gasteiger partial charge in [-0.15, -0.1) is 0 Å². The predicted octanol–water partition coefficient (Wildman–Crippen LogP) is 5.73. The van der Waals surface area contributed by atoms with E-state index < -0.39 is 0 Å². The highest BCUT2D eigenvalue weighted by atomic mass is 35.5. The Morgan fingerprint density at radius 1 is 0.857 bits per heavy atom. The minimum atomic E-state index is 0.187. The summed E-state index contributed by atoms with van der Waals surface area (Å²) in [5.74, 6) is 0.748. The first kappa shape index (κ1) is 14.3. The third kappa shape index (κ3) is 2.61. The minimum absolute atomic E-state index is 0.187. The minimum Gasteiger partial charge on any atom is -0.216 e. The van der Waals surface area contributed by atoms with E-state index in [0.717, 1.165) is 21.9 Å². The molecule has 3 rings (SSSR count). The number of aromatic nitrogens is 2. The van der Waals surface area contributed by atoms with Crippen LogP contribution >= 0.6 is 23.2 Å². The lowest BCUT2D eigenvalue weighted by Gasteiger charge is -2.12. The second kappa shape index (κ2) is 5.63. The Morgan fingerprint density at radius 2 is 1.48 bits per heavy atom. The van der Waals surface area contributed by atoms with Crippen LogP contribution in [0, 0.1) is 0 Å². The molecule has 0 unspecified atom stereocenters. The molecule has 1 heterocycles. The van der Waals surface area contributed by atoms with Crippen molar-refractivity contribution in [2.75, 3.05) is 0 Å². The van der Waals surface area contributed by atoms with Crippen molar-refractivity contribution in [1.29, 1.82) is 0 Å². The van der Waals surface area contributed by atoms with E-state index in [4.69, 9.17) is 23.2 Å². The van der Waals surface area contributed by atoms with Gasteiger partial charge in [-0.05, 0) is 16.7 Å². The summed E-state index contributed by atoms with van der Waals surface area (Å²) < 4.78 is 0. The quantitative estimate of drug-likeness (QED) is 0.564. The van der Waals surface area contributed by atoms with Crippen molar-refractivity contribution in [1.82, 2.24) is 9.97 Å². The number of hydrogen-bond acceptors (Lipinski definition) is 2. The second-order valence-corrected chi connectivity index (χ2v) is 5.94. The van der Waals surface area contributed by atoms with Crippen LogP contribution < -0.4 is 0 Å². The Morgan fingerprint density at radius 3 is 2.14 bits per heavy atom. The number of hydrogen-bond donors (Lipinski definition) is 0. The van der Waals surface area contributed by atoms with Crippen molar-refractivity contribution in [3.05, 3.63) is 58.3 Å². The predicted molar refractivity (Wildman–Crippen MR) is 89.1 cm³/mol. The van der Waals surface area contributed by atoms with Crippen LogP contribution in [-0.4, -0.2) is 9.97 Å². The average Bonchev–Trinajstić information content (AvgIpc) is 2.45. The van der Waals surface area contributed by atoms with Gasteiger partial charge in [0.15, 0.2) is 5.82 Å². The standard InChI is InChI=1S/C17H14Cl2N2/c1-10(2)14-15(18)20-17(21-16(14)19)13-9-5-7-11-6-3-4-8-12(11)13/h3-10H,1-2H3. The topological polar surface area (TPSA) is 25.8 Å². The van der Waals surface area contributed by atoms with E-state index in [9.17, 15) is 0 Å². The SMILES string of the molecule is CC(C)c1c(Cl)nc(-c2cccc3ccccc23)nc1Cl. The Kier molecular flexibility index (Phi) is 3.83. The second-order valence-electron chi connectivity index (χ2n) is 5.22. The molecule has 0 spiro atoms. The van der Waals surface area contributed by atoms with Crippen molar-refractivity contribution < 1.29 is 0 Å². The first-order valence-electron chi connectivity index (χ1n) is 6.79. The van der Waals surface area contributed by atoms with Crippen LogP contribution in [0.4, 0.5) is 0 Å². The summed E-state index contributed by atoms with van der Waals surface area (Å²) >= 11 is 12.6. The summed E-state index contributed by atoms with van der Waals surface area (Å²) in [5, 5.41) is 3.07. The number of fused-ring (bicyclic) bond motifs is 1. The lowest BCUT2D eigenvalue weighted by Crippen LogP contribution is -1.99. The van der Waals surface area contributed by atoms with Crippen LogP contribution in [0.5, 0.6) is 0 Å². The van der Waals surface area contributed by atoms with Gasteiger partial charge in [0, 0.05) is 11.1 Å². The summed E-state index contributed by atoms with van der Waals surface area (Å²) in [6.07, 6.45) is 0. The number of rotatable bonds is 2. The molecule has 0 aliphatic carbocycles. The molecule has 2 aromatic carbocycles. The van der Waals surface area contributed by atoms with E-state index in [2.05, 4.69) is 22.1 Å². The molecule has 2 nitrogen and oxygen atoms in total. The summed E-state index contributed by atoms with van der Waals surface area (Å²) in [6.45, 7) is 4.04. The van der Waals surface area contributed by atoms with Crippen molar-refractivity contribution in [2.24, 2.45) is 0 Å². The van der Waals surface area contributed by atoms with E-state index in [1.165, 1.54) is 0 Å². The van der Waals surface area contributed by atoms with Gasteiger partial charge in [-0.3, -0.25) is 0 Å². The Bertz CT molecular complexity index is 784. The molecule has 1 aromatic heterocycles. The molecule has 0 N–H and O–H groups in total. The molecule has 0 amide bonds. The fraction of sp³-hybridized carbons (Fsp3) is 0.176. The summed E-state index contributed by atoms with van der Waals surface area (Å²) in [6, 6.07) is 14.1. The molecule has 106 valence electrons. The lowest BCUT2D eigenvalue weighted by atomic mass is 10.0. The zero-order chi connectivity index (χ0) is 15.0. The van der Waals surface area contributed by atoms with Gasteiger partial charge in [0.25, 0.3) is 0 Å². The van der Waals surface area contributed by atoms with Gasteiger partial charge in [0.05, 0.1) is 0 Å². The Hall–Kier alpha value is -1.64. The highest BCUT2D eigenvalue weighted by molar-refractivity contribution is 6.34.